The molecule has 0 aliphatic heterocycles. The molecule has 0 aromatic heterocycles. The quantitative estimate of drug-likeness (QED) is 0.595. The van der Waals surface area contributed by atoms with E-state index in [4.69, 9.17) is 0 Å². The van der Waals surface area contributed by atoms with Gasteiger partial charge in [-0.15, -0.1) is 0 Å². The van der Waals surface area contributed by atoms with Gasteiger partial charge in [-0.3, -0.25) is 9.59 Å². The molecule has 2 bridgehead atoms. The Balaban J connectivity index is 1.67. The highest BCUT2D eigenvalue weighted by Crippen LogP contribution is 2.50. The maximum Gasteiger partial charge on any atom is 0.167 e. The summed E-state index contributed by atoms with van der Waals surface area (Å²) in [5, 5.41) is 0. The van der Waals surface area contributed by atoms with Crippen molar-refractivity contribution in [3.05, 3.63) is 82.9 Å². The summed E-state index contributed by atoms with van der Waals surface area (Å²) in [6.45, 7) is 4.02. The SMILES string of the molecule is Cc1ccc(C(=O)C2C3C=CC(C3)C2C(=O)c2ccc(C)cc2)cc1. The topological polar surface area (TPSA) is 34.1 Å². The average molecular weight is 330 g/mol. The summed E-state index contributed by atoms with van der Waals surface area (Å²) >= 11 is 0. The molecule has 4 rings (SSSR count). The first-order valence-corrected chi connectivity index (χ1v) is 8.94. The summed E-state index contributed by atoms with van der Waals surface area (Å²) in [5.74, 6) is 0.152. The molecule has 1 saturated carbocycles. The van der Waals surface area contributed by atoms with Crippen molar-refractivity contribution in [3.63, 3.8) is 0 Å². The lowest BCUT2D eigenvalue weighted by molar-refractivity contribution is 0.0752. The van der Waals surface area contributed by atoms with Gasteiger partial charge in [0.05, 0.1) is 0 Å². The van der Waals surface area contributed by atoms with Crippen LogP contribution in [-0.2, 0) is 0 Å². The van der Waals surface area contributed by atoms with Gasteiger partial charge in [0.2, 0.25) is 0 Å². The number of rotatable bonds is 4. The molecule has 0 N–H and O–H groups in total. The van der Waals surface area contributed by atoms with Gasteiger partial charge in [0.25, 0.3) is 0 Å². The molecule has 2 aromatic carbocycles. The second-order valence-electron chi connectivity index (χ2n) is 7.46. The van der Waals surface area contributed by atoms with Crippen LogP contribution in [0.2, 0.25) is 0 Å². The van der Waals surface area contributed by atoms with Crippen LogP contribution in [0.4, 0.5) is 0 Å². The zero-order valence-electron chi connectivity index (χ0n) is 14.6. The van der Waals surface area contributed by atoms with Crippen molar-refractivity contribution in [1.29, 1.82) is 0 Å². The molecule has 2 aliphatic rings. The highest BCUT2D eigenvalue weighted by molar-refractivity contribution is 6.06. The summed E-state index contributed by atoms with van der Waals surface area (Å²) in [6.07, 6.45) is 5.20. The van der Waals surface area contributed by atoms with Crippen LogP contribution in [0.25, 0.3) is 0 Å². The van der Waals surface area contributed by atoms with Crippen LogP contribution in [0, 0.1) is 37.5 Å². The standard InChI is InChI=1S/C23H22O2/c1-14-3-7-16(8-4-14)22(24)20-18-11-12-19(13-18)21(20)23(25)17-9-5-15(2)6-10-17/h3-12,18-21H,13H2,1-2H3. The number of aryl methyl sites for hydroxylation is 2. The minimum Gasteiger partial charge on any atom is -0.294 e. The fourth-order valence-corrected chi connectivity index (χ4v) is 4.36. The Morgan fingerprint density at radius 2 is 1.04 bits per heavy atom. The number of carbonyl (C=O) groups excluding carboxylic acids is 2. The van der Waals surface area contributed by atoms with Crippen molar-refractivity contribution >= 4 is 11.6 Å². The molecule has 4 unspecified atom stereocenters. The molecule has 2 aromatic rings. The number of fused-ring (bicyclic) bond motifs is 2. The molecule has 0 heterocycles. The van der Waals surface area contributed by atoms with E-state index >= 15 is 0 Å². The molecule has 2 nitrogen and oxygen atoms in total. The summed E-state index contributed by atoms with van der Waals surface area (Å²) in [7, 11) is 0. The van der Waals surface area contributed by atoms with Crippen LogP contribution in [0.3, 0.4) is 0 Å². The van der Waals surface area contributed by atoms with E-state index < -0.39 is 0 Å². The van der Waals surface area contributed by atoms with Crippen LogP contribution in [0.5, 0.6) is 0 Å². The highest BCUT2D eigenvalue weighted by atomic mass is 16.1. The molecule has 2 aliphatic carbocycles. The Morgan fingerprint density at radius 1 is 0.680 bits per heavy atom. The van der Waals surface area contributed by atoms with E-state index in [1.165, 1.54) is 0 Å². The third-order valence-electron chi connectivity index (χ3n) is 5.74. The third kappa shape index (κ3) is 2.76. The van der Waals surface area contributed by atoms with Crippen LogP contribution in [0.15, 0.2) is 60.7 Å². The Hall–Kier alpha value is -2.48. The zero-order valence-corrected chi connectivity index (χ0v) is 14.6. The number of allylic oxidation sites excluding steroid dienone is 2. The largest absolute Gasteiger partial charge is 0.294 e. The smallest absolute Gasteiger partial charge is 0.167 e. The van der Waals surface area contributed by atoms with Crippen molar-refractivity contribution in [2.24, 2.45) is 23.7 Å². The lowest BCUT2D eigenvalue weighted by Gasteiger charge is -2.26. The summed E-state index contributed by atoms with van der Waals surface area (Å²) in [5.41, 5.74) is 3.71. The van der Waals surface area contributed by atoms with Gasteiger partial charge in [-0.25, -0.2) is 0 Å². The van der Waals surface area contributed by atoms with E-state index in [1.807, 2.05) is 62.4 Å². The minimum atomic E-state index is -0.230. The van der Waals surface area contributed by atoms with Crippen molar-refractivity contribution in [3.8, 4) is 0 Å². The Bertz CT molecular complexity index is 771. The second-order valence-corrected chi connectivity index (χ2v) is 7.46. The molecule has 1 fully saturated rings. The van der Waals surface area contributed by atoms with Crippen LogP contribution < -0.4 is 0 Å². The Kier molecular flexibility index (Phi) is 3.91. The van der Waals surface area contributed by atoms with Crippen molar-refractivity contribution in [1.82, 2.24) is 0 Å². The molecule has 25 heavy (non-hydrogen) atoms. The van der Waals surface area contributed by atoms with Gasteiger partial charge in [-0.2, -0.15) is 0 Å². The molecular weight excluding hydrogens is 308 g/mol. The predicted octanol–water partition coefficient (Wildman–Crippen LogP) is 4.81. The van der Waals surface area contributed by atoms with E-state index in [2.05, 4.69) is 12.2 Å². The number of hydrogen-bond donors (Lipinski definition) is 0. The van der Waals surface area contributed by atoms with Gasteiger partial charge >= 0.3 is 0 Å². The molecular formula is C23H22O2. The van der Waals surface area contributed by atoms with Crippen molar-refractivity contribution in [2.45, 2.75) is 20.3 Å². The third-order valence-corrected chi connectivity index (χ3v) is 5.74. The van der Waals surface area contributed by atoms with Gasteiger partial charge in [0.1, 0.15) is 0 Å². The van der Waals surface area contributed by atoms with E-state index in [1.54, 1.807) is 0 Å². The molecule has 0 saturated heterocycles. The van der Waals surface area contributed by atoms with Crippen molar-refractivity contribution < 1.29 is 9.59 Å². The molecule has 2 heteroatoms. The number of carbonyl (C=O) groups is 2. The van der Waals surface area contributed by atoms with Crippen LogP contribution >= 0.6 is 0 Å². The maximum absolute atomic E-state index is 13.2. The van der Waals surface area contributed by atoms with Crippen LogP contribution in [-0.4, -0.2) is 11.6 Å². The summed E-state index contributed by atoms with van der Waals surface area (Å²) < 4.78 is 0. The molecule has 126 valence electrons. The van der Waals surface area contributed by atoms with Gasteiger partial charge in [0.15, 0.2) is 11.6 Å². The molecule has 4 atom stereocenters. The van der Waals surface area contributed by atoms with Gasteiger partial charge in [-0.05, 0) is 32.1 Å². The first kappa shape index (κ1) is 16.0. The first-order valence-electron chi connectivity index (χ1n) is 8.94. The number of Topliss-reactive ketones (excluding diaryl/α,β-unsaturated/α-hetero) is 2. The minimum absolute atomic E-state index is 0.113. The lowest BCUT2D eigenvalue weighted by Crippen LogP contribution is -2.33. The Morgan fingerprint density at radius 3 is 1.40 bits per heavy atom. The Labute approximate surface area is 148 Å². The second kappa shape index (κ2) is 6.11. The van der Waals surface area contributed by atoms with Gasteiger partial charge < -0.3 is 0 Å². The summed E-state index contributed by atoms with van der Waals surface area (Å²) in [6, 6.07) is 15.4. The summed E-state index contributed by atoms with van der Waals surface area (Å²) in [4.78, 5) is 26.3. The monoisotopic (exact) mass is 330 g/mol. The fraction of sp³-hybridized carbons (Fsp3) is 0.304. The number of ketones is 2. The molecule has 0 radical (unpaired) electrons. The lowest BCUT2D eigenvalue weighted by atomic mass is 9.75. The number of benzene rings is 2. The average Bonchev–Trinajstić information content (AvgIpc) is 3.23. The van der Waals surface area contributed by atoms with Gasteiger partial charge in [0, 0.05) is 23.0 Å². The van der Waals surface area contributed by atoms with Crippen LogP contribution in [0.1, 0.15) is 38.3 Å². The first-order chi connectivity index (χ1) is 12.0. The van der Waals surface area contributed by atoms with E-state index in [0.717, 1.165) is 28.7 Å². The maximum atomic E-state index is 13.2. The fourth-order valence-electron chi connectivity index (χ4n) is 4.36. The molecule has 0 amide bonds. The highest BCUT2D eigenvalue weighted by Gasteiger charge is 2.51. The van der Waals surface area contributed by atoms with E-state index in [9.17, 15) is 9.59 Å². The normalized spacial score (nSPS) is 26.8. The van der Waals surface area contributed by atoms with Crippen molar-refractivity contribution in [2.75, 3.05) is 0 Å². The predicted molar refractivity (Wildman–Crippen MR) is 98.7 cm³/mol. The zero-order chi connectivity index (χ0) is 17.6. The molecule has 0 spiro atoms. The van der Waals surface area contributed by atoms with E-state index in [-0.39, 0.29) is 35.2 Å². The number of hydrogen-bond acceptors (Lipinski definition) is 2. The van der Waals surface area contributed by atoms with Gasteiger partial charge in [-0.1, -0.05) is 71.8 Å². The van der Waals surface area contributed by atoms with E-state index in [0.29, 0.717) is 0 Å².